The van der Waals surface area contributed by atoms with Gasteiger partial charge < -0.3 is 24.1 Å². The Morgan fingerprint density at radius 3 is 2.54 bits per heavy atom. The highest BCUT2D eigenvalue weighted by molar-refractivity contribution is 6.19. The van der Waals surface area contributed by atoms with Crippen molar-refractivity contribution in [1.29, 1.82) is 0 Å². The smallest absolute Gasteiger partial charge is 0.274 e. The third kappa shape index (κ3) is 5.14. The molecule has 1 aliphatic heterocycles. The normalized spacial score (nSPS) is 15.2. The molecule has 4 aromatic rings. The Kier molecular flexibility index (Phi) is 7.43. The molecule has 206 valence electrons. The minimum absolute atomic E-state index is 0.0194. The number of aromatic amines is 1. The zero-order chi connectivity index (χ0) is 27.9. The summed E-state index contributed by atoms with van der Waals surface area (Å²) in [6.45, 7) is 11.3. The molecule has 0 bridgehead atoms. The van der Waals surface area contributed by atoms with E-state index in [0.717, 1.165) is 68.6 Å². The van der Waals surface area contributed by atoms with Crippen molar-refractivity contribution in [3.8, 4) is 17.2 Å². The van der Waals surface area contributed by atoms with E-state index in [1.54, 1.807) is 7.11 Å². The van der Waals surface area contributed by atoms with E-state index >= 15 is 0 Å². The maximum absolute atomic E-state index is 14.1. The highest BCUT2D eigenvalue weighted by atomic mass is 35.5. The summed E-state index contributed by atoms with van der Waals surface area (Å²) >= 11 is 6.51. The van der Waals surface area contributed by atoms with Crippen molar-refractivity contribution in [1.82, 2.24) is 4.98 Å². The number of carbonyl (C=O) groups is 1. The van der Waals surface area contributed by atoms with E-state index in [1.165, 1.54) is 0 Å². The van der Waals surface area contributed by atoms with Crippen molar-refractivity contribution < 1.29 is 19.0 Å². The summed E-state index contributed by atoms with van der Waals surface area (Å²) in [5.74, 6) is 2.64. The number of rotatable bonds is 8. The maximum atomic E-state index is 14.1. The summed E-state index contributed by atoms with van der Waals surface area (Å²) in [4.78, 5) is 19.3. The van der Waals surface area contributed by atoms with E-state index in [1.807, 2.05) is 69.0 Å². The first kappa shape index (κ1) is 27.2. The Morgan fingerprint density at radius 1 is 1.08 bits per heavy atom. The zero-order valence-corrected chi connectivity index (χ0v) is 24.4. The van der Waals surface area contributed by atoms with E-state index in [-0.39, 0.29) is 11.8 Å². The summed E-state index contributed by atoms with van der Waals surface area (Å²) in [6, 6.07) is 14.0. The van der Waals surface area contributed by atoms with Crippen molar-refractivity contribution >= 4 is 44.9 Å². The zero-order valence-electron chi connectivity index (χ0n) is 23.6. The Labute approximate surface area is 235 Å². The third-order valence-corrected chi connectivity index (χ3v) is 7.50. The minimum Gasteiger partial charge on any atom is -0.497 e. The van der Waals surface area contributed by atoms with E-state index in [4.69, 9.17) is 25.8 Å². The molecular weight excluding hydrogens is 512 g/mol. The van der Waals surface area contributed by atoms with Crippen molar-refractivity contribution in [2.75, 3.05) is 31.0 Å². The number of anilines is 1. The molecule has 1 amide bonds. The van der Waals surface area contributed by atoms with Gasteiger partial charge in [0.25, 0.3) is 5.91 Å². The number of methoxy groups -OCH3 is 1. The molecule has 0 saturated carbocycles. The van der Waals surface area contributed by atoms with Crippen molar-refractivity contribution in [3.05, 3.63) is 59.3 Å². The largest absolute Gasteiger partial charge is 0.497 e. The number of alkyl halides is 1. The van der Waals surface area contributed by atoms with Gasteiger partial charge in [-0.1, -0.05) is 13.3 Å². The van der Waals surface area contributed by atoms with E-state index in [2.05, 4.69) is 18.0 Å². The highest BCUT2D eigenvalue weighted by Gasteiger charge is 2.36. The van der Waals surface area contributed by atoms with Gasteiger partial charge in [0.15, 0.2) is 0 Å². The predicted molar refractivity (Wildman–Crippen MR) is 159 cm³/mol. The number of hydrogen-bond donors (Lipinski definition) is 1. The maximum Gasteiger partial charge on any atom is 0.274 e. The number of benzene rings is 3. The molecule has 3 aromatic carbocycles. The molecule has 0 spiro atoms. The molecule has 0 saturated heterocycles. The first-order valence-corrected chi connectivity index (χ1v) is 14.2. The van der Waals surface area contributed by atoms with Gasteiger partial charge in [-0.25, -0.2) is 0 Å². The second-order valence-corrected chi connectivity index (χ2v) is 11.4. The van der Waals surface area contributed by atoms with Gasteiger partial charge in [-0.15, -0.1) is 11.6 Å². The summed E-state index contributed by atoms with van der Waals surface area (Å²) in [6.07, 6.45) is 1.93. The number of amides is 1. The highest BCUT2D eigenvalue weighted by Crippen LogP contribution is 2.47. The predicted octanol–water partition coefficient (Wildman–Crippen LogP) is 7.84. The van der Waals surface area contributed by atoms with Crippen molar-refractivity contribution in [3.63, 3.8) is 0 Å². The molecule has 0 radical (unpaired) electrons. The van der Waals surface area contributed by atoms with Crippen LogP contribution in [0.2, 0.25) is 0 Å². The standard InChI is InChI=1S/C32H37ClN2O4/c1-7-9-19-12-25-20(14-28(19)38-8-2)13-26(34-25)31(36)35-18-21(17-33)30-24-15-22(37-6)10-11-23(24)29(16-27(30)35)39-32(3,4)5/h10-16,21,34H,7-9,17-18H2,1-6H3/t21-/m1/s1. The lowest BCUT2D eigenvalue weighted by Gasteiger charge is -2.25. The number of aryl methyl sites for hydroxylation is 1. The topological polar surface area (TPSA) is 63.8 Å². The Morgan fingerprint density at radius 2 is 1.87 bits per heavy atom. The SMILES string of the molecule is CCCc1cc2[nH]c(C(=O)N3C[C@@H](CCl)c4c3cc(OC(C)(C)C)c3ccc(OC)cc43)cc2cc1OCC. The quantitative estimate of drug-likeness (QED) is 0.228. The van der Waals surface area contributed by atoms with Crippen LogP contribution in [0.4, 0.5) is 5.69 Å². The van der Waals surface area contributed by atoms with Crippen LogP contribution in [0.15, 0.2) is 42.5 Å². The Hall–Kier alpha value is -3.38. The number of nitrogens with one attached hydrogen (secondary N) is 1. The second kappa shape index (κ2) is 10.6. The summed E-state index contributed by atoms with van der Waals surface area (Å²) in [7, 11) is 1.66. The molecule has 5 rings (SSSR count). The number of nitrogens with zero attached hydrogens (tertiary/aromatic N) is 1. The molecule has 0 unspecified atom stereocenters. The average molecular weight is 549 g/mol. The van der Waals surface area contributed by atoms with E-state index < -0.39 is 5.60 Å². The number of ether oxygens (including phenoxy) is 3. The average Bonchev–Trinajstić information content (AvgIpc) is 3.48. The van der Waals surface area contributed by atoms with Gasteiger partial charge in [0.1, 0.15) is 28.5 Å². The van der Waals surface area contributed by atoms with Gasteiger partial charge in [-0.2, -0.15) is 0 Å². The van der Waals surface area contributed by atoms with E-state index in [9.17, 15) is 4.79 Å². The number of hydrogen-bond acceptors (Lipinski definition) is 4. The van der Waals surface area contributed by atoms with E-state index in [0.29, 0.717) is 24.7 Å². The first-order valence-electron chi connectivity index (χ1n) is 13.7. The molecule has 7 heteroatoms. The number of halogens is 1. The molecular formula is C32H37ClN2O4. The van der Waals surface area contributed by atoms with Crippen LogP contribution >= 0.6 is 11.6 Å². The van der Waals surface area contributed by atoms with Gasteiger partial charge in [0, 0.05) is 40.7 Å². The molecule has 2 heterocycles. The summed E-state index contributed by atoms with van der Waals surface area (Å²) < 4.78 is 17.9. The molecule has 1 aliphatic rings. The summed E-state index contributed by atoms with van der Waals surface area (Å²) in [5.41, 5.74) is 4.07. The van der Waals surface area contributed by atoms with Crippen molar-refractivity contribution in [2.45, 2.75) is 59.0 Å². The molecule has 6 nitrogen and oxygen atoms in total. The van der Waals surface area contributed by atoms with Crippen LogP contribution in [0.5, 0.6) is 17.2 Å². The van der Waals surface area contributed by atoms with Gasteiger partial charge in [0.2, 0.25) is 0 Å². The Bertz CT molecular complexity index is 1490. The lowest BCUT2D eigenvalue weighted by Crippen LogP contribution is -2.30. The van der Waals surface area contributed by atoms with Gasteiger partial charge >= 0.3 is 0 Å². The fraction of sp³-hybridized carbons (Fsp3) is 0.406. The molecule has 0 fully saturated rings. The second-order valence-electron chi connectivity index (χ2n) is 11.1. The van der Waals surface area contributed by atoms with Crippen molar-refractivity contribution in [2.24, 2.45) is 0 Å². The van der Waals surface area contributed by atoms with Crippen LogP contribution in [0.25, 0.3) is 21.7 Å². The fourth-order valence-electron chi connectivity index (χ4n) is 5.52. The van der Waals surface area contributed by atoms with Crippen LogP contribution in [0.3, 0.4) is 0 Å². The van der Waals surface area contributed by atoms with Crippen LogP contribution in [0.1, 0.15) is 68.6 Å². The monoisotopic (exact) mass is 548 g/mol. The molecule has 39 heavy (non-hydrogen) atoms. The molecule has 1 atom stereocenters. The number of aromatic nitrogens is 1. The summed E-state index contributed by atoms with van der Waals surface area (Å²) in [5, 5.41) is 2.93. The number of fused-ring (bicyclic) bond motifs is 4. The van der Waals surface area contributed by atoms with Gasteiger partial charge in [-0.05, 0) is 87.0 Å². The molecule has 1 N–H and O–H groups in total. The number of carbonyl (C=O) groups excluding carboxylic acids is 1. The van der Waals surface area contributed by atoms with Gasteiger partial charge in [-0.3, -0.25) is 4.79 Å². The molecule has 1 aromatic heterocycles. The fourth-order valence-corrected chi connectivity index (χ4v) is 5.77. The minimum atomic E-state index is -0.411. The lowest BCUT2D eigenvalue weighted by molar-refractivity contribution is 0.0984. The Balaban J connectivity index is 1.63. The third-order valence-electron chi connectivity index (χ3n) is 7.13. The lowest BCUT2D eigenvalue weighted by atomic mass is 9.95. The van der Waals surface area contributed by atoms with Gasteiger partial charge in [0.05, 0.1) is 19.4 Å². The van der Waals surface area contributed by atoms with Crippen LogP contribution in [-0.2, 0) is 6.42 Å². The van der Waals surface area contributed by atoms with Crippen LogP contribution < -0.4 is 19.1 Å². The molecule has 0 aliphatic carbocycles. The number of H-pyrrole nitrogens is 1. The van der Waals surface area contributed by atoms with Crippen LogP contribution in [0, 0.1) is 0 Å². The van der Waals surface area contributed by atoms with Crippen LogP contribution in [-0.4, -0.2) is 42.6 Å². The first-order chi connectivity index (χ1) is 18.7.